The van der Waals surface area contributed by atoms with Gasteiger partial charge in [0, 0.05) is 6.42 Å². The molecule has 0 spiro atoms. The predicted octanol–water partition coefficient (Wildman–Crippen LogP) is 15.1. The van der Waals surface area contributed by atoms with Crippen molar-refractivity contribution in [3.05, 3.63) is 89.0 Å². The molecule has 1 unspecified atom stereocenters. The Bertz CT molecular complexity index is 1530. The molecule has 0 heterocycles. The highest BCUT2D eigenvalue weighted by Crippen LogP contribution is 2.40. The highest BCUT2D eigenvalue weighted by Gasteiger charge is 2.39. The molecule has 0 fully saturated rings. The van der Waals surface area contributed by atoms with Crippen molar-refractivity contribution in [2.75, 3.05) is 21.1 Å². The fourth-order valence-electron chi connectivity index (χ4n) is 6.96. The minimum Gasteiger partial charge on any atom is -0.490 e. The average molecular weight is 833 g/mol. The molecular weight excluding hydrogens is 772 g/mol. The van der Waals surface area contributed by atoms with Crippen LogP contribution in [-0.2, 0) is 18.5 Å². The van der Waals surface area contributed by atoms with Crippen LogP contribution in [0.4, 0.5) is 39.5 Å². The number of hydrogen-bond donors (Lipinski definition) is 0. The Morgan fingerprint density at radius 3 is 1.16 bits per heavy atom. The largest absolute Gasteiger partial charge is 0.864 e. The lowest BCUT2D eigenvalue weighted by atomic mass is 9.94. The van der Waals surface area contributed by atoms with E-state index in [1.165, 1.54) is 77.0 Å². The summed E-state index contributed by atoms with van der Waals surface area (Å²) in [4.78, 5) is 0. The fourth-order valence-corrected chi connectivity index (χ4v) is 6.96. The lowest BCUT2D eigenvalue weighted by Crippen LogP contribution is -2.41. The van der Waals surface area contributed by atoms with E-state index in [1.54, 1.807) is 0 Å². The first-order chi connectivity index (χ1) is 27.3. The van der Waals surface area contributed by atoms with Crippen molar-refractivity contribution in [2.24, 2.45) is 0 Å². The number of hydrogen-bond acceptors (Lipinski definition) is 3. The Kier molecular flexibility index (Phi) is 19.6. The first-order valence-corrected chi connectivity index (χ1v) is 20.7. The lowest BCUT2D eigenvalue weighted by Gasteiger charge is -2.36. The molecule has 58 heavy (non-hydrogen) atoms. The van der Waals surface area contributed by atoms with Gasteiger partial charge in [-0.2, -0.15) is 39.5 Å². The fraction of sp³-hybridized carbons (Fsp3) is 0.591. The van der Waals surface area contributed by atoms with E-state index in [2.05, 4.69) is 6.92 Å². The third kappa shape index (κ3) is 17.7. The zero-order chi connectivity index (χ0) is 42.8. The van der Waals surface area contributed by atoms with Crippen LogP contribution in [0.25, 0.3) is 0 Å². The molecule has 0 bridgehead atoms. The summed E-state index contributed by atoms with van der Waals surface area (Å²) in [5.41, 5.74) is -2.61. The summed E-state index contributed by atoms with van der Waals surface area (Å²) in [6.45, 7) is 2.23. The summed E-state index contributed by atoms with van der Waals surface area (Å²) in [7, 11) is 3.75. The summed E-state index contributed by atoms with van der Waals surface area (Å²) >= 11 is 0. The van der Waals surface area contributed by atoms with E-state index >= 15 is 0 Å². The molecule has 0 aliphatic carbocycles. The topological polar surface area (TPSA) is 27.7 Å². The third-order valence-corrected chi connectivity index (χ3v) is 10.3. The van der Waals surface area contributed by atoms with Gasteiger partial charge in [-0.3, -0.25) is 0 Å². The highest BCUT2D eigenvalue weighted by atomic mass is 19.4. The van der Waals surface area contributed by atoms with Gasteiger partial charge >= 0.3 is 25.9 Å². The molecule has 0 amide bonds. The minimum absolute atomic E-state index is 0.0400. The summed E-state index contributed by atoms with van der Waals surface area (Å²) in [5.74, 6) is -0.336. The standard InChI is InChI=1S/C44H60BF9NO3/c1-5-6-7-8-9-10-11-12-13-14-15-16-17-18-19-20-21-22-40(55(2,3)4)39-33-36(44(52,53)54)27-32-41(39)58-45(56-37-28-23-34(24-29-37)42(46,47)48)57-38-30-25-35(26-31-38)43(49,50)51/h23-33,40H,5-22H2,1-4H3/q+1. The van der Waals surface area contributed by atoms with E-state index < -0.39 is 48.6 Å². The molecule has 0 aliphatic heterocycles. The molecule has 324 valence electrons. The van der Waals surface area contributed by atoms with Crippen molar-refractivity contribution >= 4 is 7.32 Å². The smallest absolute Gasteiger partial charge is 0.490 e. The number of rotatable bonds is 26. The van der Waals surface area contributed by atoms with E-state index in [4.69, 9.17) is 14.0 Å². The van der Waals surface area contributed by atoms with Crippen molar-refractivity contribution in [3.63, 3.8) is 0 Å². The van der Waals surface area contributed by atoms with Crippen LogP contribution in [0.3, 0.4) is 0 Å². The monoisotopic (exact) mass is 832 g/mol. The molecule has 1 atom stereocenters. The first kappa shape index (κ1) is 48.8. The minimum atomic E-state index is -4.68. The second-order valence-electron chi connectivity index (χ2n) is 16.0. The molecule has 4 nitrogen and oxygen atoms in total. The van der Waals surface area contributed by atoms with Crippen molar-refractivity contribution < 1.29 is 58.0 Å². The molecule has 14 heteroatoms. The number of quaternary nitrogens is 1. The Balaban J connectivity index is 1.69. The zero-order valence-corrected chi connectivity index (χ0v) is 34.3. The quantitative estimate of drug-likeness (QED) is 0.0349. The molecule has 0 saturated heterocycles. The van der Waals surface area contributed by atoms with Crippen LogP contribution in [0.1, 0.15) is 151 Å². The van der Waals surface area contributed by atoms with Gasteiger partial charge in [0.1, 0.15) is 23.3 Å². The van der Waals surface area contributed by atoms with Gasteiger partial charge in [-0.25, -0.2) is 0 Å². The van der Waals surface area contributed by atoms with Gasteiger partial charge in [-0.15, -0.1) is 0 Å². The normalized spacial score (nSPS) is 13.1. The Morgan fingerprint density at radius 1 is 0.466 bits per heavy atom. The van der Waals surface area contributed by atoms with Crippen LogP contribution in [-0.4, -0.2) is 32.9 Å². The molecule has 3 aromatic carbocycles. The second kappa shape index (κ2) is 23.3. The van der Waals surface area contributed by atoms with E-state index in [9.17, 15) is 39.5 Å². The number of alkyl halides is 9. The SMILES string of the molecule is CCCCCCCCCCCCCCCCCCCC(c1cc(C(F)(F)F)ccc1OB(Oc1ccc(C(F)(F)F)cc1)Oc1ccc(C(F)(F)F)cc1)[N+](C)(C)C. The molecule has 3 aromatic rings. The lowest BCUT2D eigenvalue weighted by molar-refractivity contribution is -0.902. The number of unbranched alkanes of at least 4 members (excludes halogenated alkanes) is 16. The summed E-state index contributed by atoms with van der Waals surface area (Å²) in [5, 5.41) is 0. The maximum absolute atomic E-state index is 14.1. The molecule has 3 rings (SSSR count). The Labute approximate surface area is 339 Å². The van der Waals surface area contributed by atoms with Crippen LogP contribution < -0.4 is 14.0 Å². The molecule has 0 saturated carbocycles. The van der Waals surface area contributed by atoms with Crippen LogP contribution >= 0.6 is 0 Å². The van der Waals surface area contributed by atoms with Crippen LogP contribution in [0.5, 0.6) is 17.2 Å². The van der Waals surface area contributed by atoms with Crippen molar-refractivity contribution in [1.82, 2.24) is 0 Å². The van der Waals surface area contributed by atoms with Gasteiger partial charge in [-0.05, 0) is 73.2 Å². The van der Waals surface area contributed by atoms with E-state index in [0.29, 0.717) is 6.42 Å². The summed E-state index contributed by atoms with van der Waals surface area (Å²) in [6.07, 6.45) is 6.99. The molecular formula is C44H60BF9NO3+. The first-order valence-electron chi connectivity index (χ1n) is 20.7. The number of halogens is 9. The van der Waals surface area contributed by atoms with Crippen molar-refractivity contribution in [1.29, 1.82) is 0 Å². The van der Waals surface area contributed by atoms with Crippen LogP contribution in [0.15, 0.2) is 66.7 Å². The molecule has 0 aromatic heterocycles. The second-order valence-corrected chi connectivity index (χ2v) is 16.0. The van der Waals surface area contributed by atoms with Crippen LogP contribution in [0.2, 0.25) is 0 Å². The van der Waals surface area contributed by atoms with Gasteiger partial charge in [0.25, 0.3) is 0 Å². The van der Waals surface area contributed by atoms with E-state index in [1.807, 2.05) is 21.1 Å². The molecule has 0 N–H and O–H groups in total. The van der Waals surface area contributed by atoms with Gasteiger partial charge in [-0.1, -0.05) is 110 Å². The van der Waals surface area contributed by atoms with Gasteiger partial charge in [0.2, 0.25) is 0 Å². The Morgan fingerprint density at radius 2 is 0.810 bits per heavy atom. The maximum atomic E-state index is 14.1. The van der Waals surface area contributed by atoms with Crippen molar-refractivity contribution in [3.8, 4) is 17.2 Å². The van der Waals surface area contributed by atoms with Gasteiger partial charge < -0.3 is 18.4 Å². The number of benzene rings is 3. The number of nitrogens with zero attached hydrogens (tertiary/aromatic N) is 1. The van der Waals surface area contributed by atoms with Gasteiger partial charge in [0.05, 0.1) is 43.4 Å². The molecule has 0 radical (unpaired) electrons. The van der Waals surface area contributed by atoms with Gasteiger partial charge in [0.15, 0.2) is 0 Å². The average Bonchev–Trinajstić information content (AvgIpc) is 3.13. The van der Waals surface area contributed by atoms with E-state index in [0.717, 1.165) is 98.8 Å². The summed E-state index contributed by atoms with van der Waals surface area (Å²) in [6, 6.07) is 9.59. The summed E-state index contributed by atoms with van der Waals surface area (Å²) < 4.78 is 139. The van der Waals surface area contributed by atoms with Crippen LogP contribution in [0, 0.1) is 0 Å². The predicted molar refractivity (Wildman–Crippen MR) is 212 cm³/mol. The Hall–Kier alpha value is -3.55. The zero-order valence-electron chi connectivity index (χ0n) is 34.3. The molecule has 0 aliphatic rings. The maximum Gasteiger partial charge on any atom is 0.864 e. The van der Waals surface area contributed by atoms with Crippen molar-refractivity contribution in [2.45, 2.75) is 147 Å². The third-order valence-electron chi connectivity index (χ3n) is 10.3. The highest BCUT2D eigenvalue weighted by molar-refractivity contribution is 6.39. The van der Waals surface area contributed by atoms with E-state index in [-0.39, 0.29) is 27.3 Å².